The summed E-state index contributed by atoms with van der Waals surface area (Å²) in [7, 11) is 0. The van der Waals surface area contributed by atoms with Crippen molar-refractivity contribution in [1.29, 1.82) is 0 Å². The van der Waals surface area contributed by atoms with Crippen molar-refractivity contribution >= 4 is 12.1 Å². The molecule has 0 aliphatic heterocycles. The van der Waals surface area contributed by atoms with Crippen LogP contribution >= 0.6 is 0 Å². The molecular formula is C15H19F2NO4. The summed E-state index contributed by atoms with van der Waals surface area (Å²) in [6.45, 7) is 4.97. The standard InChI is InChI=1S/C15H19F2NO4/c1-15(2,3)22-14(21)18-12(13(19)20)7-5-9-4-6-10(16)11(17)8-9/h4,6,8,12H,5,7H2,1-3H3,(H,18,21)(H,19,20)/t12-/m0/s1. The molecule has 1 atom stereocenters. The zero-order chi connectivity index (χ0) is 16.9. The molecule has 0 spiro atoms. The Labute approximate surface area is 127 Å². The minimum atomic E-state index is -1.23. The summed E-state index contributed by atoms with van der Waals surface area (Å²) >= 11 is 0. The van der Waals surface area contributed by atoms with E-state index in [4.69, 9.17) is 9.84 Å². The van der Waals surface area contributed by atoms with Gasteiger partial charge in [-0.05, 0) is 51.3 Å². The Morgan fingerprint density at radius 3 is 2.41 bits per heavy atom. The third-order valence-corrected chi connectivity index (χ3v) is 2.69. The lowest BCUT2D eigenvalue weighted by atomic mass is 10.1. The van der Waals surface area contributed by atoms with Crippen LogP contribution in [-0.2, 0) is 16.0 Å². The molecule has 0 heterocycles. The number of ether oxygens (including phenoxy) is 1. The van der Waals surface area contributed by atoms with Crippen molar-refractivity contribution in [3.8, 4) is 0 Å². The fourth-order valence-electron chi connectivity index (χ4n) is 1.71. The molecular weight excluding hydrogens is 296 g/mol. The number of carbonyl (C=O) groups is 2. The van der Waals surface area contributed by atoms with Crippen molar-refractivity contribution in [1.82, 2.24) is 5.32 Å². The molecule has 1 aromatic rings. The molecule has 122 valence electrons. The molecule has 0 aromatic heterocycles. The molecule has 2 N–H and O–H groups in total. The molecule has 1 aromatic carbocycles. The molecule has 22 heavy (non-hydrogen) atoms. The van der Waals surface area contributed by atoms with E-state index >= 15 is 0 Å². The highest BCUT2D eigenvalue weighted by atomic mass is 19.2. The van der Waals surface area contributed by atoms with Crippen LogP contribution in [-0.4, -0.2) is 28.8 Å². The molecule has 7 heteroatoms. The van der Waals surface area contributed by atoms with Crippen molar-refractivity contribution in [3.05, 3.63) is 35.4 Å². The SMILES string of the molecule is CC(C)(C)OC(=O)N[C@@H](CCc1ccc(F)c(F)c1)C(=O)O. The van der Waals surface area contributed by atoms with E-state index in [1.165, 1.54) is 6.07 Å². The fraction of sp³-hybridized carbons (Fsp3) is 0.467. The number of carboxylic acids is 1. The van der Waals surface area contributed by atoms with Crippen molar-refractivity contribution in [2.24, 2.45) is 0 Å². The van der Waals surface area contributed by atoms with Crippen molar-refractivity contribution in [2.45, 2.75) is 45.3 Å². The summed E-state index contributed by atoms with van der Waals surface area (Å²) in [5.74, 6) is -3.19. The van der Waals surface area contributed by atoms with E-state index in [9.17, 15) is 18.4 Å². The van der Waals surface area contributed by atoms with Gasteiger partial charge in [0.25, 0.3) is 0 Å². The highest BCUT2D eigenvalue weighted by Crippen LogP contribution is 2.12. The molecule has 0 unspecified atom stereocenters. The topological polar surface area (TPSA) is 75.6 Å². The Bertz CT molecular complexity index is 555. The third kappa shape index (κ3) is 6.07. The van der Waals surface area contributed by atoms with Crippen LogP contribution in [0.4, 0.5) is 13.6 Å². The number of benzene rings is 1. The van der Waals surface area contributed by atoms with Crippen LogP contribution in [0.25, 0.3) is 0 Å². The number of carboxylic acid groups (broad SMARTS) is 1. The molecule has 1 rings (SSSR count). The molecule has 0 radical (unpaired) electrons. The Balaban J connectivity index is 2.63. The van der Waals surface area contributed by atoms with Gasteiger partial charge in [-0.25, -0.2) is 18.4 Å². The van der Waals surface area contributed by atoms with Gasteiger partial charge < -0.3 is 15.2 Å². The average molecular weight is 315 g/mol. The van der Waals surface area contributed by atoms with Gasteiger partial charge in [-0.3, -0.25) is 0 Å². The summed E-state index contributed by atoms with van der Waals surface area (Å²) in [6.07, 6.45) is -0.644. The first-order valence-electron chi connectivity index (χ1n) is 6.75. The number of halogens is 2. The van der Waals surface area contributed by atoms with Gasteiger partial charge in [0, 0.05) is 0 Å². The van der Waals surface area contributed by atoms with Gasteiger partial charge in [0.15, 0.2) is 11.6 Å². The van der Waals surface area contributed by atoms with Gasteiger partial charge in [0.05, 0.1) is 0 Å². The summed E-state index contributed by atoms with van der Waals surface area (Å²) in [6, 6.07) is 2.16. The number of hydrogen-bond donors (Lipinski definition) is 2. The third-order valence-electron chi connectivity index (χ3n) is 2.69. The molecule has 5 nitrogen and oxygen atoms in total. The Hall–Kier alpha value is -2.18. The molecule has 0 aliphatic carbocycles. The number of amides is 1. The first-order valence-corrected chi connectivity index (χ1v) is 6.75. The highest BCUT2D eigenvalue weighted by molar-refractivity contribution is 5.80. The zero-order valence-electron chi connectivity index (χ0n) is 12.7. The molecule has 1 amide bonds. The van der Waals surface area contributed by atoms with E-state index in [0.717, 1.165) is 12.1 Å². The minimum Gasteiger partial charge on any atom is -0.480 e. The van der Waals surface area contributed by atoms with E-state index in [0.29, 0.717) is 5.56 Å². The van der Waals surface area contributed by atoms with E-state index in [1.54, 1.807) is 20.8 Å². The maximum atomic E-state index is 13.1. The number of nitrogens with one attached hydrogen (secondary N) is 1. The number of hydrogen-bond acceptors (Lipinski definition) is 3. The van der Waals surface area contributed by atoms with Crippen LogP contribution in [0.3, 0.4) is 0 Å². The summed E-state index contributed by atoms with van der Waals surface area (Å²) in [5.41, 5.74) is -0.302. The fourth-order valence-corrected chi connectivity index (χ4v) is 1.71. The number of alkyl carbamates (subject to hydrolysis) is 1. The normalized spacial score (nSPS) is 12.6. The van der Waals surface area contributed by atoms with E-state index in [2.05, 4.69) is 5.32 Å². The first kappa shape index (κ1) is 17.9. The van der Waals surface area contributed by atoms with Crippen molar-refractivity contribution < 1.29 is 28.2 Å². The Morgan fingerprint density at radius 2 is 1.91 bits per heavy atom. The molecule has 0 saturated carbocycles. The van der Waals surface area contributed by atoms with Crippen LogP contribution in [0.1, 0.15) is 32.8 Å². The van der Waals surface area contributed by atoms with Gasteiger partial charge in [-0.1, -0.05) is 6.07 Å². The van der Waals surface area contributed by atoms with Gasteiger partial charge in [0.2, 0.25) is 0 Å². The van der Waals surface area contributed by atoms with Crippen molar-refractivity contribution in [3.63, 3.8) is 0 Å². The lowest BCUT2D eigenvalue weighted by Crippen LogP contribution is -2.43. The molecule has 0 bridgehead atoms. The number of rotatable bonds is 5. The highest BCUT2D eigenvalue weighted by Gasteiger charge is 2.23. The Kier molecular flexibility index (Phi) is 5.84. The maximum Gasteiger partial charge on any atom is 0.408 e. The van der Waals surface area contributed by atoms with Crippen LogP contribution in [0, 0.1) is 11.6 Å². The number of aliphatic carboxylic acids is 1. The average Bonchev–Trinajstić information content (AvgIpc) is 2.36. The predicted molar refractivity (Wildman–Crippen MR) is 75.5 cm³/mol. The van der Waals surface area contributed by atoms with Gasteiger partial charge >= 0.3 is 12.1 Å². The molecule has 0 saturated heterocycles. The lowest BCUT2D eigenvalue weighted by molar-refractivity contribution is -0.139. The van der Waals surface area contributed by atoms with E-state index in [1.807, 2.05) is 0 Å². The van der Waals surface area contributed by atoms with Gasteiger partial charge in [-0.15, -0.1) is 0 Å². The smallest absolute Gasteiger partial charge is 0.408 e. The zero-order valence-corrected chi connectivity index (χ0v) is 12.7. The Morgan fingerprint density at radius 1 is 1.27 bits per heavy atom. The summed E-state index contributed by atoms with van der Waals surface area (Å²) in [4.78, 5) is 22.7. The largest absolute Gasteiger partial charge is 0.480 e. The first-order chi connectivity index (χ1) is 10.1. The number of aryl methyl sites for hydroxylation is 1. The summed E-state index contributed by atoms with van der Waals surface area (Å²) < 4.78 is 30.9. The van der Waals surface area contributed by atoms with Crippen LogP contribution < -0.4 is 5.32 Å². The summed E-state index contributed by atoms with van der Waals surface area (Å²) in [5, 5.41) is 11.3. The van der Waals surface area contributed by atoms with Gasteiger partial charge in [0.1, 0.15) is 11.6 Å². The predicted octanol–water partition coefficient (Wildman–Crippen LogP) is 2.88. The maximum absolute atomic E-state index is 13.1. The lowest BCUT2D eigenvalue weighted by Gasteiger charge is -2.22. The second kappa shape index (κ2) is 7.20. The van der Waals surface area contributed by atoms with Crippen LogP contribution in [0.2, 0.25) is 0 Å². The van der Waals surface area contributed by atoms with Crippen molar-refractivity contribution in [2.75, 3.05) is 0 Å². The van der Waals surface area contributed by atoms with E-state index in [-0.39, 0.29) is 12.8 Å². The number of carbonyl (C=O) groups excluding carboxylic acids is 1. The second-order valence-corrected chi connectivity index (χ2v) is 5.82. The van der Waals surface area contributed by atoms with Crippen LogP contribution in [0.15, 0.2) is 18.2 Å². The van der Waals surface area contributed by atoms with E-state index < -0.39 is 35.3 Å². The molecule has 0 aliphatic rings. The monoisotopic (exact) mass is 315 g/mol. The second-order valence-electron chi connectivity index (χ2n) is 5.82. The van der Waals surface area contributed by atoms with Crippen LogP contribution in [0.5, 0.6) is 0 Å². The van der Waals surface area contributed by atoms with Gasteiger partial charge in [-0.2, -0.15) is 0 Å². The quantitative estimate of drug-likeness (QED) is 0.876. The minimum absolute atomic E-state index is 0.0274. The molecule has 0 fully saturated rings.